The summed E-state index contributed by atoms with van der Waals surface area (Å²) in [5.74, 6) is 0.631. The Labute approximate surface area is 130 Å². The van der Waals surface area contributed by atoms with E-state index in [0.717, 1.165) is 24.8 Å². The summed E-state index contributed by atoms with van der Waals surface area (Å²) in [6.45, 7) is 3.27. The van der Waals surface area contributed by atoms with Crippen molar-refractivity contribution in [3.05, 3.63) is 63.5 Å². The monoisotopic (exact) mass is 305 g/mol. The Balaban J connectivity index is 2.02. The van der Waals surface area contributed by atoms with Gasteiger partial charge in [-0.3, -0.25) is 4.79 Å². The van der Waals surface area contributed by atoms with Gasteiger partial charge in [-0.05, 0) is 24.1 Å². The molecule has 2 aromatic rings. The minimum absolute atomic E-state index is 0.0806. The van der Waals surface area contributed by atoms with Gasteiger partial charge in [-0.25, -0.2) is 0 Å². The van der Waals surface area contributed by atoms with Crippen LogP contribution in [-0.4, -0.2) is 11.2 Å². The average Bonchev–Trinajstić information content (AvgIpc) is 2.48. The first kappa shape index (κ1) is 15.6. The molecule has 4 heteroatoms. The summed E-state index contributed by atoms with van der Waals surface area (Å²) in [5, 5.41) is 0.671. The van der Waals surface area contributed by atoms with Crippen molar-refractivity contribution in [2.75, 3.05) is 6.61 Å². The summed E-state index contributed by atoms with van der Waals surface area (Å²) in [4.78, 5) is 12.1. The first-order valence-electron chi connectivity index (χ1n) is 7.27. The number of ether oxygens (including phenoxy) is 1. The molecule has 3 nitrogen and oxygen atoms in total. The van der Waals surface area contributed by atoms with Crippen molar-refractivity contribution in [1.82, 2.24) is 4.57 Å². The average molecular weight is 306 g/mol. The topological polar surface area (TPSA) is 31.2 Å². The molecule has 0 unspecified atom stereocenters. The van der Waals surface area contributed by atoms with Crippen LogP contribution < -0.4 is 10.3 Å². The van der Waals surface area contributed by atoms with Gasteiger partial charge in [0.1, 0.15) is 5.75 Å². The van der Waals surface area contributed by atoms with Crippen LogP contribution in [0.5, 0.6) is 5.75 Å². The fraction of sp³-hybridized carbons (Fsp3) is 0.353. The van der Waals surface area contributed by atoms with Gasteiger partial charge in [-0.15, -0.1) is 0 Å². The molecule has 0 amide bonds. The molecule has 0 aliphatic carbocycles. The molecule has 0 radical (unpaired) electrons. The summed E-state index contributed by atoms with van der Waals surface area (Å²) >= 11 is 6.12. The highest BCUT2D eigenvalue weighted by molar-refractivity contribution is 6.31. The lowest BCUT2D eigenvalue weighted by molar-refractivity contribution is 0.305. The highest BCUT2D eigenvalue weighted by Crippen LogP contribution is 2.16. The number of unbranched alkanes of at least 4 members (excludes halogenated alkanes) is 2. The molecule has 2 rings (SSSR count). The molecule has 0 spiro atoms. The van der Waals surface area contributed by atoms with Gasteiger partial charge >= 0.3 is 0 Å². The molecular formula is C17H20ClNO2. The van der Waals surface area contributed by atoms with E-state index in [9.17, 15) is 4.79 Å². The van der Waals surface area contributed by atoms with Crippen LogP contribution in [0.25, 0.3) is 0 Å². The molecule has 112 valence electrons. The zero-order chi connectivity index (χ0) is 15.1. The van der Waals surface area contributed by atoms with Gasteiger partial charge in [0.05, 0.1) is 13.2 Å². The van der Waals surface area contributed by atoms with Gasteiger partial charge in [0, 0.05) is 17.3 Å². The van der Waals surface area contributed by atoms with E-state index >= 15 is 0 Å². The van der Waals surface area contributed by atoms with E-state index in [0.29, 0.717) is 23.9 Å². The van der Waals surface area contributed by atoms with E-state index in [1.54, 1.807) is 10.8 Å². The number of rotatable bonds is 7. The highest BCUT2D eigenvalue weighted by Gasteiger charge is 2.03. The maximum absolute atomic E-state index is 12.1. The Morgan fingerprint density at radius 2 is 2.00 bits per heavy atom. The van der Waals surface area contributed by atoms with Crippen molar-refractivity contribution in [3.63, 3.8) is 0 Å². The molecule has 21 heavy (non-hydrogen) atoms. The number of aromatic nitrogens is 1. The van der Waals surface area contributed by atoms with Gasteiger partial charge in [0.25, 0.3) is 5.56 Å². The maximum Gasteiger partial charge on any atom is 0.254 e. The molecule has 0 saturated heterocycles. The van der Waals surface area contributed by atoms with Gasteiger partial charge in [0.15, 0.2) is 0 Å². The van der Waals surface area contributed by atoms with Gasteiger partial charge in [0.2, 0.25) is 0 Å². The Morgan fingerprint density at radius 3 is 2.71 bits per heavy atom. The number of benzene rings is 1. The lowest BCUT2D eigenvalue weighted by atomic mass is 10.2. The number of nitrogens with zero attached hydrogens (tertiary/aromatic N) is 1. The molecular weight excluding hydrogens is 286 g/mol. The normalized spacial score (nSPS) is 10.6. The largest absolute Gasteiger partial charge is 0.493 e. The molecule has 0 bridgehead atoms. The van der Waals surface area contributed by atoms with Crippen LogP contribution in [-0.2, 0) is 6.54 Å². The molecule has 0 saturated carbocycles. The predicted octanol–water partition coefficient (Wildman–Crippen LogP) is 4.12. The van der Waals surface area contributed by atoms with Crippen LogP contribution >= 0.6 is 11.6 Å². The third kappa shape index (κ3) is 4.64. The Kier molecular flexibility index (Phi) is 5.88. The molecule has 0 aliphatic heterocycles. The SMILES string of the molecule is CCCCCOc1ccn(Cc2ccccc2Cl)c(=O)c1. The lowest BCUT2D eigenvalue weighted by Gasteiger charge is -2.09. The van der Waals surface area contributed by atoms with Crippen LogP contribution in [0.1, 0.15) is 31.7 Å². The molecule has 1 aromatic heterocycles. The van der Waals surface area contributed by atoms with E-state index in [-0.39, 0.29) is 5.56 Å². The predicted molar refractivity (Wildman–Crippen MR) is 86.3 cm³/mol. The lowest BCUT2D eigenvalue weighted by Crippen LogP contribution is -2.19. The second-order valence-corrected chi connectivity index (χ2v) is 5.38. The number of hydrogen-bond acceptors (Lipinski definition) is 2. The van der Waals surface area contributed by atoms with Crippen molar-refractivity contribution in [3.8, 4) is 5.75 Å². The molecule has 0 atom stereocenters. The minimum Gasteiger partial charge on any atom is -0.493 e. The van der Waals surface area contributed by atoms with Crippen LogP contribution in [0.2, 0.25) is 5.02 Å². The van der Waals surface area contributed by atoms with Gasteiger partial charge in [-0.1, -0.05) is 49.6 Å². The summed E-state index contributed by atoms with van der Waals surface area (Å²) in [7, 11) is 0. The number of pyridine rings is 1. The second kappa shape index (κ2) is 7.89. The fourth-order valence-electron chi connectivity index (χ4n) is 2.06. The first-order valence-corrected chi connectivity index (χ1v) is 7.65. The molecule has 0 aliphatic rings. The van der Waals surface area contributed by atoms with Crippen LogP contribution in [0.4, 0.5) is 0 Å². The molecule has 1 aromatic carbocycles. The molecule has 1 heterocycles. The van der Waals surface area contributed by atoms with E-state index in [1.165, 1.54) is 6.07 Å². The first-order chi connectivity index (χ1) is 10.2. The smallest absolute Gasteiger partial charge is 0.254 e. The van der Waals surface area contributed by atoms with E-state index in [1.807, 2.05) is 30.3 Å². The Hall–Kier alpha value is -1.74. The summed E-state index contributed by atoms with van der Waals surface area (Å²) in [6, 6.07) is 10.9. The number of halogens is 1. The molecule has 0 N–H and O–H groups in total. The zero-order valence-electron chi connectivity index (χ0n) is 12.2. The number of hydrogen-bond donors (Lipinski definition) is 0. The summed E-state index contributed by atoms with van der Waals surface area (Å²) in [5.41, 5.74) is 0.848. The standard InChI is InChI=1S/C17H20ClNO2/c1-2-3-6-11-21-15-9-10-19(17(20)12-15)13-14-7-4-5-8-16(14)18/h4-5,7-10,12H,2-3,6,11,13H2,1H3. The summed E-state index contributed by atoms with van der Waals surface area (Å²) < 4.78 is 7.20. The van der Waals surface area contributed by atoms with Crippen LogP contribution in [0.3, 0.4) is 0 Å². The van der Waals surface area contributed by atoms with Crippen molar-refractivity contribution < 1.29 is 4.74 Å². The third-order valence-corrected chi connectivity index (χ3v) is 3.65. The Bertz CT molecular complexity index is 637. The van der Waals surface area contributed by atoms with Crippen molar-refractivity contribution in [2.24, 2.45) is 0 Å². The van der Waals surface area contributed by atoms with Crippen LogP contribution in [0.15, 0.2) is 47.4 Å². The van der Waals surface area contributed by atoms with Gasteiger partial charge < -0.3 is 9.30 Å². The molecule has 0 fully saturated rings. The van der Waals surface area contributed by atoms with Crippen LogP contribution in [0, 0.1) is 0 Å². The van der Waals surface area contributed by atoms with Crippen molar-refractivity contribution >= 4 is 11.6 Å². The Morgan fingerprint density at radius 1 is 1.19 bits per heavy atom. The quantitative estimate of drug-likeness (QED) is 0.721. The second-order valence-electron chi connectivity index (χ2n) is 4.98. The fourth-order valence-corrected chi connectivity index (χ4v) is 2.26. The van der Waals surface area contributed by atoms with Crippen molar-refractivity contribution in [1.29, 1.82) is 0 Å². The highest BCUT2D eigenvalue weighted by atomic mass is 35.5. The van der Waals surface area contributed by atoms with E-state index in [4.69, 9.17) is 16.3 Å². The van der Waals surface area contributed by atoms with E-state index < -0.39 is 0 Å². The maximum atomic E-state index is 12.1. The zero-order valence-corrected chi connectivity index (χ0v) is 13.0. The minimum atomic E-state index is -0.0806. The third-order valence-electron chi connectivity index (χ3n) is 3.28. The van der Waals surface area contributed by atoms with Crippen molar-refractivity contribution in [2.45, 2.75) is 32.7 Å². The van der Waals surface area contributed by atoms with Gasteiger partial charge in [-0.2, -0.15) is 0 Å². The van der Waals surface area contributed by atoms with E-state index in [2.05, 4.69) is 6.92 Å². The summed E-state index contributed by atoms with van der Waals surface area (Å²) in [6.07, 6.45) is 5.06.